The van der Waals surface area contributed by atoms with Crippen LogP contribution in [-0.2, 0) is 0 Å². The second-order valence-corrected chi connectivity index (χ2v) is 4.78. The van der Waals surface area contributed by atoms with Crippen molar-refractivity contribution in [1.29, 1.82) is 0 Å². The summed E-state index contributed by atoms with van der Waals surface area (Å²) in [6.07, 6.45) is 5.29. The van der Waals surface area contributed by atoms with Crippen molar-refractivity contribution >= 4 is 0 Å². The highest BCUT2D eigenvalue weighted by Crippen LogP contribution is 2.27. The van der Waals surface area contributed by atoms with Gasteiger partial charge in [-0.25, -0.2) is 0 Å². The van der Waals surface area contributed by atoms with Crippen LogP contribution in [0.25, 0.3) is 0 Å². The highest BCUT2D eigenvalue weighted by atomic mass is 16.3. The first kappa shape index (κ1) is 10.4. The largest absolute Gasteiger partial charge is 0.396 e. The standard InChI is InChI=1S/C11H21NO2/c13-8-9-3-5-12(6-4-9)10-1-2-11(14)7-10/h9-11,13-14H,1-8H2. The quantitative estimate of drug-likeness (QED) is 0.684. The summed E-state index contributed by atoms with van der Waals surface area (Å²) in [5, 5.41) is 18.5. The van der Waals surface area contributed by atoms with E-state index in [1.807, 2.05) is 0 Å². The molecule has 2 atom stereocenters. The molecule has 0 radical (unpaired) electrons. The van der Waals surface area contributed by atoms with E-state index in [0.717, 1.165) is 45.2 Å². The van der Waals surface area contributed by atoms with Crippen molar-refractivity contribution in [3.05, 3.63) is 0 Å². The number of hydrogen-bond acceptors (Lipinski definition) is 3. The summed E-state index contributed by atoms with van der Waals surface area (Å²) < 4.78 is 0. The molecular weight excluding hydrogens is 178 g/mol. The number of hydrogen-bond donors (Lipinski definition) is 2. The zero-order valence-electron chi connectivity index (χ0n) is 8.73. The molecule has 1 saturated carbocycles. The molecule has 2 rings (SSSR count). The molecule has 2 fully saturated rings. The molecule has 3 nitrogen and oxygen atoms in total. The lowest BCUT2D eigenvalue weighted by molar-refractivity contribution is 0.0931. The zero-order valence-corrected chi connectivity index (χ0v) is 8.73. The second kappa shape index (κ2) is 4.60. The Morgan fingerprint density at radius 2 is 1.79 bits per heavy atom. The first-order valence-electron chi connectivity index (χ1n) is 5.82. The fourth-order valence-electron chi connectivity index (χ4n) is 2.77. The number of nitrogens with zero attached hydrogens (tertiary/aromatic N) is 1. The van der Waals surface area contributed by atoms with Crippen LogP contribution in [-0.4, -0.2) is 47.0 Å². The van der Waals surface area contributed by atoms with E-state index in [1.165, 1.54) is 0 Å². The normalized spacial score (nSPS) is 36.4. The lowest BCUT2D eigenvalue weighted by Gasteiger charge is -2.35. The Morgan fingerprint density at radius 1 is 1.07 bits per heavy atom. The van der Waals surface area contributed by atoms with Crippen LogP contribution < -0.4 is 0 Å². The van der Waals surface area contributed by atoms with Crippen LogP contribution in [0, 0.1) is 5.92 Å². The molecule has 1 heterocycles. The van der Waals surface area contributed by atoms with E-state index < -0.39 is 0 Å². The number of aliphatic hydroxyl groups excluding tert-OH is 2. The van der Waals surface area contributed by atoms with Gasteiger partial charge in [0, 0.05) is 12.6 Å². The minimum absolute atomic E-state index is 0.0597. The van der Waals surface area contributed by atoms with E-state index in [1.54, 1.807) is 0 Å². The Bertz CT molecular complexity index is 178. The van der Waals surface area contributed by atoms with Crippen molar-refractivity contribution in [2.75, 3.05) is 19.7 Å². The van der Waals surface area contributed by atoms with Gasteiger partial charge >= 0.3 is 0 Å². The number of piperidine rings is 1. The highest BCUT2D eigenvalue weighted by molar-refractivity contribution is 4.85. The predicted molar refractivity (Wildman–Crippen MR) is 55.0 cm³/mol. The minimum Gasteiger partial charge on any atom is -0.396 e. The van der Waals surface area contributed by atoms with Crippen LogP contribution in [0.15, 0.2) is 0 Å². The average Bonchev–Trinajstić information content (AvgIpc) is 2.65. The zero-order chi connectivity index (χ0) is 9.97. The van der Waals surface area contributed by atoms with E-state index in [4.69, 9.17) is 5.11 Å². The third-order valence-corrected chi connectivity index (χ3v) is 3.80. The summed E-state index contributed by atoms with van der Waals surface area (Å²) in [7, 11) is 0. The Kier molecular flexibility index (Phi) is 3.42. The Hall–Kier alpha value is -0.120. The lowest BCUT2D eigenvalue weighted by Crippen LogP contribution is -2.41. The molecule has 0 aromatic rings. The molecule has 0 amide bonds. The number of aliphatic hydroxyl groups is 2. The van der Waals surface area contributed by atoms with Crippen molar-refractivity contribution in [3.8, 4) is 0 Å². The minimum atomic E-state index is -0.0597. The van der Waals surface area contributed by atoms with Gasteiger partial charge in [0.2, 0.25) is 0 Å². The van der Waals surface area contributed by atoms with E-state index >= 15 is 0 Å². The maximum atomic E-state index is 9.46. The molecule has 82 valence electrons. The van der Waals surface area contributed by atoms with E-state index in [0.29, 0.717) is 18.6 Å². The maximum absolute atomic E-state index is 9.46. The molecule has 3 heteroatoms. The van der Waals surface area contributed by atoms with Gasteiger partial charge in [-0.15, -0.1) is 0 Å². The smallest absolute Gasteiger partial charge is 0.0555 e. The van der Waals surface area contributed by atoms with Crippen molar-refractivity contribution in [2.24, 2.45) is 5.92 Å². The summed E-state index contributed by atoms with van der Waals surface area (Å²) >= 11 is 0. The molecule has 1 aliphatic heterocycles. The first-order valence-corrected chi connectivity index (χ1v) is 5.82. The summed E-state index contributed by atoms with van der Waals surface area (Å²) in [5.74, 6) is 0.526. The van der Waals surface area contributed by atoms with Crippen LogP contribution in [0.2, 0.25) is 0 Å². The maximum Gasteiger partial charge on any atom is 0.0555 e. The molecule has 0 aromatic heterocycles. The molecule has 1 aliphatic carbocycles. The van der Waals surface area contributed by atoms with Crippen LogP contribution in [0.4, 0.5) is 0 Å². The molecule has 0 spiro atoms. The van der Waals surface area contributed by atoms with Crippen molar-refractivity contribution in [2.45, 2.75) is 44.2 Å². The Balaban J connectivity index is 1.78. The third kappa shape index (κ3) is 2.27. The third-order valence-electron chi connectivity index (χ3n) is 3.80. The van der Waals surface area contributed by atoms with Crippen molar-refractivity contribution in [1.82, 2.24) is 4.90 Å². The van der Waals surface area contributed by atoms with E-state index in [-0.39, 0.29) is 6.10 Å². The van der Waals surface area contributed by atoms with Crippen LogP contribution in [0.5, 0.6) is 0 Å². The fourth-order valence-corrected chi connectivity index (χ4v) is 2.77. The van der Waals surface area contributed by atoms with Gasteiger partial charge in [-0.05, 0) is 51.1 Å². The monoisotopic (exact) mass is 199 g/mol. The Labute approximate surface area is 85.7 Å². The number of likely N-dealkylation sites (tertiary alicyclic amines) is 1. The SMILES string of the molecule is OCC1CCN(C2CCC(O)C2)CC1. The van der Waals surface area contributed by atoms with Gasteiger partial charge in [0.25, 0.3) is 0 Å². The first-order chi connectivity index (χ1) is 6.79. The molecule has 2 unspecified atom stereocenters. The molecule has 2 aliphatic rings. The summed E-state index contributed by atoms with van der Waals surface area (Å²) in [4.78, 5) is 2.50. The molecule has 2 N–H and O–H groups in total. The van der Waals surface area contributed by atoms with Gasteiger partial charge in [-0.3, -0.25) is 0 Å². The summed E-state index contributed by atoms with van der Waals surface area (Å²) in [6.45, 7) is 2.58. The Morgan fingerprint density at radius 3 is 2.29 bits per heavy atom. The molecular formula is C11H21NO2. The second-order valence-electron chi connectivity index (χ2n) is 4.78. The van der Waals surface area contributed by atoms with Gasteiger partial charge in [-0.2, -0.15) is 0 Å². The molecule has 0 aromatic carbocycles. The highest BCUT2D eigenvalue weighted by Gasteiger charge is 2.30. The van der Waals surface area contributed by atoms with Gasteiger partial charge in [0.05, 0.1) is 6.10 Å². The van der Waals surface area contributed by atoms with E-state index in [2.05, 4.69) is 4.90 Å². The topological polar surface area (TPSA) is 43.7 Å². The lowest BCUT2D eigenvalue weighted by atomic mass is 9.96. The molecule has 14 heavy (non-hydrogen) atoms. The average molecular weight is 199 g/mol. The van der Waals surface area contributed by atoms with Crippen LogP contribution in [0.1, 0.15) is 32.1 Å². The van der Waals surface area contributed by atoms with Crippen LogP contribution in [0.3, 0.4) is 0 Å². The number of rotatable bonds is 2. The molecule has 0 bridgehead atoms. The van der Waals surface area contributed by atoms with Gasteiger partial charge in [0.1, 0.15) is 0 Å². The van der Waals surface area contributed by atoms with Crippen molar-refractivity contribution in [3.63, 3.8) is 0 Å². The van der Waals surface area contributed by atoms with Gasteiger partial charge < -0.3 is 15.1 Å². The van der Waals surface area contributed by atoms with Crippen LogP contribution >= 0.6 is 0 Å². The van der Waals surface area contributed by atoms with E-state index in [9.17, 15) is 5.11 Å². The predicted octanol–water partition coefficient (Wildman–Crippen LogP) is 0.604. The summed E-state index contributed by atoms with van der Waals surface area (Å²) in [5.41, 5.74) is 0. The van der Waals surface area contributed by atoms with Crippen molar-refractivity contribution < 1.29 is 10.2 Å². The van der Waals surface area contributed by atoms with Gasteiger partial charge in [0.15, 0.2) is 0 Å². The van der Waals surface area contributed by atoms with Gasteiger partial charge in [-0.1, -0.05) is 0 Å². The molecule has 1 saturated heterocycles. The fraction of sp³-hybridized carbons (Fsp3) is 1.00. The summed E-state index contributed by atoms with van der Waals surface area (Å²) in [6, 6.07) is 0.615.